The Kier molecular flexibility index (Phi) is 3.55. The van der Waals surface area contributed by atoms with Crippen molar-refractivity contribution >= 4 is 11.0 Å². The van der Waals surface area contributed by atoms with Crippen molar-refractivity contribution in [2.75, 3.05) is 14.2 Å². The summed E-state index contributed by atoms with van der Waals surface area (Å²) >= 11 is 0. The molecular formula is C17H16NO4+. The van der Waals surface area contributed by atoms with Crippen LogP contribution in [-0.4, -0.2) is 14.2 Å². The summed E-state index contributed by atoms with van der Waals surface area (Å²) in [5.74, 6) is 0.707. The number of benzene rings is 2. The molecule has 0 saturated carbocycles. The normalized spacial score (nSPS) is 10.7. The van der Waals surface area contributed by atoms with E-state index in [1.54, 1.807) is 38.6 Å². The zero-order valence-corrected chi connectivity index (χ0v) is 12.6. The van der Waals surface area contributed by atoms with Gasteiger partial charge < -0.3 is 13.9 Å². The number of methoxy groups -OCH3 is 2. The van der Waals surface area contributed by atoms with E-state index in [1.807, 2.05) is 25.1 Å². The summed E-state index contributed by atoms with van der Waals surface area (Å²) in [6, 6.07) is 11.0. The second-order valence-corrected chi connectivity index (χ2v) is 4.90. The van der Waals surface area contributed by atoms with Gasteiger partial charge >= 0.3 is 5.76 Å². The van der Waals surface area contributed by atoms with Gasteiger partial charge in [0.15, 0.2) is 23.3 Å². The molecule has 0 aliphatic rings. The van der Waals surface area contributed by atoms with Crippen molar-refractivity contribution in [3.8, 4) is 17.2 Å². The minimum Gasteiger partial charge on any atom is -0.493 e. The molecule has 0 amide bonds. The fourth-order valence-corrected chi connectivity index (χ4v) is 2.40. The van der Waals surface area contributed by atoms with Crippen LogP contribution in [0.1, 0.15) is 5.56 Å². The van der Waals surface area contributed by atoms with E-state index in [0.29, 0.717) is 22.8 Å². The fraction of sp³-hybridized carbons (Fsp3) is 0.176. The number of hydrogen-bond donors (Lipinski definition) is 0. The number of rotatable bonds is 3. The van der Waals surface area contributed by atoms with Gasteiger partial charge in [-0.25, -0.2) is 0 Å². The van der Waals surface area contributed by atoms with Crippen LogP contribution in [0.4, 0.5) is 0 Å². The molecule has 3 rings (SSSR count). The summed E-state index contributed by atoms with van der Waals surface area (Å²) in [7, 11) is 3.12. The van der Waals surface area contributed by atoms with E-state index in [-0.39, 0.29) is 0 Å². The molecular weight excluding hydrogens is 282 g/mol. The summed E-state index contributed by atoms with van der Waals surface area (Å²) in [6.45, 7) is 1.91. The zero-order valence-electron chi connectivity index (χ0n) is 12.6. The molecule has 0 radical (unpaired) electrons. The molecule has 0 atom stereocenters. The van der Waals surface area contributed by atoms with Gasteiger partial charge in [-0.2, -0.15) is 4.79 Å². The van der Waals surface area contributed by atoms with Crippen LogP contribution in [0.15, 0.2) is 51.8 Å². The van der Waals surface area contributed by atoms with E-state index >= 15 is 0 Å². The Morgan fingerprint density at radius 2 is 1.82 bits per heavy atom. The predicted molar refractivity (Wildman–Crippen MR) is 81.9 cm³/mol. The molecule has 2 aromatic carbocycles. The molecule has 3 aromatic rings. The van der Waals surface area contributed by atoms with Crippen LogP contribution >= 0.6 is 0 Å². The number of ether oxygens (including phenoxy) is 2. The van der Waals surface area contributed by atoms with Gasteiger partial charge in [-0.1, -0.05) is 16.7 Å². The molecule has 0 aliphatic carbocycles. The Labute approximate surface area is 127 Å². The van der Waals surface area contributed by atoms with Crippen molar-refractivity contribution in [1.82, 2.24) is 0 Å². The summed E-state index contributed by atoms with van der Waals surface area (Å²) in [5, 5.41) is 0.856. The van der Waals surface area contributed by atoms with Crippen LogP contribution in [0.5, 0.6) is 11.5 Å². The molecule has 5 heteroatoms. The van der Waals surface area contributed by atoms with Gasteiger partial charge in [-0.15, -0.1) is 0 Å². The second-order valence-electron chi connectivity index (χ2n) is 4.90. The Bertz CT molecular complexity index is 899. The van der Waals surface area contributed by atoms with Crippen molar-refractivity contribution in [3.63, 3.8) is 0 Å². The number of nitrogens with zero attached hydrogens (tertiary/aromatic N) is 1. The molecule has 1 aromatic heterocycles. The maximum atomic E-state index is 12.3. The maximum absolute atomic E-state index is 12.3. The lowest BCUT2D eigenvalue weighted by molar-refractivity contribution is -0.623. The third-order valence-electron chi connectivity index (χ3n) is 3.54. The SMILES string of the molecule is COc1ccc(-[n+]2cc3cccc(C)c3oc2=O)cc1OC. The van der Waals surface area contributed by atoms with Gasteiger partial charge in [0, 0.05) is 6.07 Å². The Morgan fingerprint density at radius 3 is 2.55 bits per heavy atom. The lowest BCUT2D eigenvalue weighted by atomic mass is 10.2. The van der Waals surface area contributed by atoms with Crippen molar-refractivity contribution in [3.05, 3.63) is 58.7 Å². The number of aryl methyl sites for hydroxylation is 1. The van der Waals surface area contributed by atoms with Crippen LogP contribution in [0, 0.1) is 6.92 Å². The number of hydrogen-bond acceptors (Lipinski definition) is 4. The first kappa shape index (κ1) is 14.1. The van der Waals surface area contributed by atoms with Gasteiger partial charge in [0.1, 0.15) is 0 Å². The van der Waals surface area contributed by atoms with Crippen LogP contribution in [-0.2, 0) is 0 Å². The molecule has 0 unspecified atom stereocenters. The van der Waals surface area contributed by atoms with Gasteiger partial charge in [0.2, 0.25) is 5.69 Å². The second kappa shape index (κ2) is 5.52. The van der Waals surface area contributed by atoms with E-state index in [9.17, 15) is 4.79 Å². The molecule has 0 N–H and O–H groups in total. The van der Waals surface area contributed by atoms with E-state index in [2.05, 4.69) is 0 Å². The summed E-state index contributed by atoms with van der Waals surface area (Å²) in [5.41, 5.74) is 2.17. The number of fused-ring (bicyclic) bond motifs is 1. The fourth-order valence-electron chi connectivity index (χ4n) is 2.40. The first-order chi connectivity index (χ1) is 10.6. The van der Waals surface area contributed by atoms with Gasteiger partial charge in [0.05, 0.1) is 25.7 Å². The highest BCUT2D eigenvalue weighted by molar-refractivity contribution is 5.77. The molecule has 112 valence electrons. The lowest BCUT2D eigenvalue weighted by Gasteiger charge is -2.06. The first-order valence-corrected chi connectivity index (χ1v) is 6.81. The summed E-state index contributed by atoms with van der Waals surface area (Å²) in [4.78, 5) is 12.3. The molecule has 1 heterocycles. The molecule has 0 saturated heterocycles. The number of aromatic nitrogens is 1. The first-order valence-electron chi connectivity index (χ1n) is 6.81. The van der Waals surface area contributed by atoms with Crippen molar-refractivity contribution in [1.29, 1.82) is 0 Å². The highest BCUT2D eigenvalue weighted by Gasteiger charge is 2.18. The highest BCUT2D eigenvalue weighted by Crippen LogP contribution is 2.27. The summed E-state index contributed by atoms with van der Waals surface area (Å²) < 4.78 is 17.4. The van der Waals surface area contributed by atoms with Gasteiger partial charge in [-0.3, -0.25) is 0 Å². The quantitative estimate of drug-likeness (QED) is 0.697. The lowest BCUT2D eigenvalue weighted by Crippen LogP contribution is -2.46. The van der Waals surface area contributed by atoms with E-state index in [0.717, 1.165) is 10.9 Å². The molecule has 0 bridgehead atoms. The minimum atomic E-state index is -0.450. The smallest absolute Gasteiger partial charge is 0.493 e. The molecule has 5 nitrogen and oxygen atoms in total. The third-order valence-corrected chi connectivity index (χ3v) is 3.54. The Morgan fingerprint density at radius 1 is 1.05 bits per heavy atom. The van der Waals surface area contributed by atoms with E-state index in [1.165, 1.54) is 4.57 Å². The third kappa shape index (κ3) is 2.30. The van der Waals surface area contributed by atoms with Crippen molar-refractivity contribution in [2.24, 2.45) is 0 Å². The van der Waals surface area contributed by atoms with Crippen LogP contribution in [0.3, 0.4) is 0 Å². The van der Waals surface area contributed by atoms with Crippen LogP contribution < -0.4 is 19.8 Å². The average Bonchev–Trinajstić information content (AvgIpc) is 2.54. The standard InChI is InChI=1S/C17H16NO4/c1-11-5-4-6-12-10-18(17(19)22-16(11)12)13-7-8-14(20-2)15(9-13)21-3/h4-10H,1-3H3/q+1. The molecule has 0 fully saturated rings. The zero-order chi connectivity index (χ0) is 15.7. The number of para-hydroxylation sites is 1. The largest absolute Gasteiger partial charge is 0.608 e. The topological polar surface area (TPSA) is 52.5 Å². The molecule has 0 aliphatic heterocycles. The van der Waals surface area contributed by atoms with Crippen molar-refractivity contribution < 1.29 is 18.5 Å². The Hall–Kier alpha value is -2.82. The Balaban J connectivity index is 2.22. The summed E-state index contributed by atoms with van der Waals surface area (Å²) in [6.07, 6.45) is 1.76. The van der Waals surface area contributed by atoms with Gasteiger partial charge in [0.25, 0.3) is 0 Å². The van der Waals surface area contributed by atoms with Crippen LogP contribution in [0.2, 0.25) is 0 Å². The molecule has 22 heavy (non-hydrogen) atoms. The maximum Gasteiger partial charge on any atom is 0.608 e. The molecule has 0 spiro atoms. The van der Waals surface area contributed by atoms with Gasteiger partial charge in [-0.05, 0) is 24.6 Å². The highest BCUT2D eigenvalue weighted by atomic mass is 16.5. The van der Waals surface area contributed by atoms with Crippen LogP contribution in [0.25, 0.3) is 16.7 Å². The predicted octanol–water partition coefficient (Wildman–Crippen LogP) is 2.40. The van der Waals surface area contributed by atoms with E-state index < -0.39 is 5.76 Å². The van der Waals surface area contributed by atoms with E-state index in [4.69, 9.17) is 13.9 Å². The van der Waals surface area contributed by atoms with Crippen molar-refractivity contribution in [2.45, 2.75) is 6.92 Å². The monoisotopic (exact) mass is 298 g/mol. The average molecular weight is 298 g/mol. The minimum absolute atomic E-state index is 0.450.